The van der Waals surface area contributed by atoms with Crippen molar-refractivity contribution >= 4 is 5.91 Å². The molecule has 1 saturated carbocycles. The number of halogens is 1. The Morgan fingerprint density at radius 2 is 2.08 bits per heavy atom. The predicted octanol–water partition coefficient (Wildman–Crippen LogP) is 3.01. The Balaban J connectivity index is 1.71. The van der Waals surface area contributed by atoms with Crippen molar-refractivity contribution in [1.82, 2.24) is 15.1 Å². The molecule has 2 aromatic rings. The number of nitrogens with two attached hydrogens (primary N) is 1. The fourth-order valence-corrected chi connectivity index (χ4v) is 3.56. The quantitative estimate of drug-likeness (QED) is 0.895. The van der Waals surface area contributed by atoms with Crippen LogP contribution in [0.5, 0.6) is 0 Å². The molecule has 1 aromatic heterocycles. The lowest BCUT2D eigenvalue weighted by Gasteiger charge is -2.27. The molecule has 134 valence electrons. The SMILES string of the molecule is Cc1c(C(C)NC(=O)C2CCCC(N)C2)cnn1-c1ccc(F)cc1. The van der Waals surface area contributed by atoms with Crippen LogP contribution in [-0.4, -0.2) is 21.7 Å². The van der Waals surface area contributed by atoms with Crippen molar-refractivity contribution in [3.8, 4) is 5.69 Å². The smallest absolute Gasteiger partial charge is 0.223 e. The molecule has 3 unspecified atom stereocenters. The number of nitrogens with one attached hydrogen (secondary N) is 1. The van der Waals surface area contributed by atoms with Gasteiger partial charge in [0.2, 0.25) is 5.91 Å². The minimum Gasteiger partial charge on any atom is -0.349 e. The molecule has 1 aromatic carbocycles. The number of rotatable bonds is 4. The van der Waals surface area contributed by atoms with Gasteiger partial charge in [0.05, 0.1) is 17.9 Å². The molecule has 0 aliphatic heterocycles. The normalized spacial score (nSPS) is 21.8. The summed E-state index contributed by atoms with van der Waals surface area (Å²) < 4.78 is 14.9. The van der Waals surface area contributed by atoms with Gasteiger partial charge in [0.25, 0.3) is 0 Å². The fourth-order valence-electron chi connectivity index (χ4n) is 3.56. The molecule has 3 N–H and O–H groups in total. The summed E-state index contributed by atoms with van der Waals surface area (Å²) in [5, 5.41) is 7.48. The van der Waals surface area contributed by atoms with E-state index in [2.05, 4.69) is 10.4 Å². The van der Waals surface area contributed by atoms with E-state index in [0.29, 0.717) is 0 Å². The van der Waals surface area contributed by atoms with E-state index in [0.717, 1.165) is 42.6 Å². The lowest BCUT2D eigenvalue weighted by Crippen LogP contribution is -2.38. The minimum atomic E-state index is -0.278. The maximum Gasteiger partial charge on any atom is 0.223 e. The number of carbonyl (C=O) groups excluding carboxylic acids is 1. The van der Waals surface area contributed by atoms with Crippen LogP contribution < -0.4 is 11.1 Å². The van der Waals surface area contributed by atoms with E-state index in [1.807, 2.05) is 13.8 Å². The molecule has 3 rings (SSSR count). The lowest BCUT2D eigenvalue weighted by atomic mass is 9.85. The third-order valence-electron chi connectivity index (χ3n) is 5.03. The number of amides is 1. The second-order valence-corrected chi connectivity index (χ2v) is 6.93. The van der Waals surface area contributed by atoms with E-state index < -0.39 is 0 Å². The highest BCUT2D eigenvalue weighted by atomic mass is 19.1. The zero-order valence-corrected chi connectivity index (χ0v) is 14.7. The Labute approximate surface area is 147 Å². The highest BCUT2D eigenvalue weighted by Crippen LogP contribution is 2.25. The van der Waals surface area contributed by atoms with Gasteiger partial charge in [-0.1, -0.05) is 6.42 Å². The molecule has 1 aliphatic rings. The van der Waals surface area contributed by atoms with E-state index in [-0.39, 0.29) is 29.7 Å². The number of hydrogen-bond acceptors (Lipinski definition) is 3. The van der Waals surface area contributed by atoms with Gasteiger partial charge in [-0.3, -0.25) is 4.79 Å². The number of benzene rings is 1. The molecule has 1 aliphatic carbocycles. The second-order valence-electron chi connectivity index (χ2n) is 6.93. The van der Waals surface area contributed by atoms with Crippen LogP contribution in [-0.2, 0) is 4.79 Å². The first-order chi connectivity index (χ1) is 12.0. The van der Waals surface area contributed by atoms with Crippen molar-refractivity contribution in [2.75, 3.05) is 0 Å². The summed E-state index contributed by atoms with van der Waals surface area (Å²) in [5.74, 6) is -0.213. The number of carbonyl (C=O) groups is 1. The first-order valence-electron chi connectivity index (χ1n) is 8.82. The van der Waals surface area contributed by atoms with Crippen LogP contribution in [0.1, 0.15) is 49.9 Å². The first-order valence-corrected chi connectivity index (χ1v) is 8.82. The molecule has 3 atom stereocenters. The van der Waals surface area contributed by atoms with Crippen LogP contribution in [0.25, 0.3) is 5.69 Å². The van der Waals surface area contributed by atoms with Gasteiger partial charge < -0.3 is 11.1 Å². The molecule has 1 amide bonds. The average Bonchev–Trinajstić information content (AvgIpc) is 2.97. The van der Waals surface area contributed by atoms with E-state index in [9.17, 15) is 9.18 Å². The van der Waals surface area contributed by atoms with Gasteiger partial charge >= 0.3 is 0 Å². The summed E-state index contributed by atoms with van der Waals surface area (Å²) in [6, 6.07) is 6.18. The monoisotopic (exact) mass is 344 g/mol. The number of hydrogen-bond donors (Lipinski definition) is 2. The Morgan fingerprint density at radius 1 is 1.36 bits per heavy atom. The summed E-state index contributed by atoms with van der Waals surface area (Å²) >= 11 is 0. The van der Waals surface area contributed by atoms with E-state index >= 15 is 0 Å². The molecule has 1 fully saturated rings. The maximum atomic E-state index is 13.1. The first kappa shape index (κ1) is 17.6. The van der Waals surface area contributed by atoms with Gasteiger partial charge in [0.15, 0.2) is 0 Å². The molecule has 0 radical (unpaired) electrons. The number of nitrogens with zero attached hydrogens (tertiary/aromatic N) is 2. The molecule has 25 heavy (non-hydrogen) atoms. The van der Waals surface area contributed by atoms with Gasteiger partial charge in [-0.25, -0.2) is 9.07 Å². The standard InChI is InChI=1S/C19H25FN4O/c1-12(23-19(25)14-4-3-5-16(21)10-14)18-11-22-24(13(18)2)17-8-6-15(20)7-9-17/h6-9,11-12,14,16H,3-5,10,21H2,1-2H3,(H,23,25). The van der Waals surface area contributed by atoms with Crippen molar-refractivity contribution < 1.29 is 9.18 Å². The van der Waals surface area contributed by atoms with E-state index in [1.54, 1.807) is 23.0 Å². The maximum absolute atomic E-state index is 13.1. The zero-order valence-electron chi connectivity index (χ0n) is 14.7. The summed E-state index contributed by atoms with van der Waals surface area (Å²) in [6.45, 7) is 3.91. The highest BCUT2D eigenvalue weighted by molar-refractivity contribution is 5.79. The molecular weight excluding hydrogens is 319 g/mol. The Hall–Kier alpha value is -2.21. The molecule has 0 spiro atoms. The van der Waals surface area contributed by atoms with Crippen LogP contribution >= 0.6 is 0 Å². The Morgan fingerprint density at radius 3 is 2.76 bits per heavy atom. The van der Waals surface area contributed by atoms with Crippen LogP contribution in [0.4, 0.5) is 4.39 Å². The number of aromatic nitrogens is 2. The summed E-state index contributed by atoms with van der Waals surface area (Å²) in [5.41, 5.74) is 8.67. The van der Waals surface area contributed by atoms with Crippen LogP contribution in [0.15, 0.2) is 30.5 Å². The van der Waals surface area contributed by atoms with Gasteiger partial charge in [-0.05, 0) is 57.4 Å². The second kappa shape index (κ2) is 7.35. The lowest BCUT2D eigenvalue weighted by molar-refractivity contribution is -0.126. The van der Waals surface area contributed by atoms with Crippen LogP contribution in [0.2, 0.25) is 0 Å². The van der Waals surface area contributed by atoms with E-state index in [1.165, 1.54) is 12.1 Å². The third-order valence-corrected chi connectivity index (χ3v) is 5.03. The molecule has 1 heterocycles. The Kier molecular flexibility index (Phi) is 5.18. The van der Waals surface area contributed by atoms with Crippen molar-refractivity contribution in [2.24, 2.45) is 11.7 Å². The van der Waals surface area contributed by atoms with Crippen molar-refractivity contribution in [3.05, 3.63) is 47.5 Å². The molecular formula is C19H25FN4O. The van der Waals surface area contributed by atoms with Gasteiger partial charge in [-0.15, -0.1) is 0 Å². The highest BCUT2D eigenvalue weighted by Gasteiger charge is 2.27. The van der Waals surface area contributed by atoms with Gasteiger partial charge in [0, 0.05) is 23.2 Å². The molecule has 5 nitrogen and oxygen atoms in total. The van der Waals surface area contributed by atoms with Gasteiger partial charge in [0.1, 0.15) is 5.82 Å². The molecule has 6 heteroatoms. The summed E-state index contributed by atoms with van der Waals surface area (Å²) in [6.07, 6.45) is 5.43. The topological polar surface area (TPSA) is 72.9 Å². The van der Waals surface area contributed by atoms with Crippen molar-refractivity contribution in [1.29, 1.82) is 0 Å². The summed E-state index contributed by atoms with van der Waals surface area (Å²) in [4.78, 5) is 12.5. The minimum absolute atomic E-state index is 0.00125. The molecule has 0 bridgehead atoms. The van der Waals surface area contributed by atoms with Crippen LogP contribution in [0.3, 0.4) is 0 Å². The fraction of sp³-hybridized carbons (Fsp3) is 0.474. The molecule has 0 saturated heterocycles. The van der Waals surface area contributed by atoms with Crippen molar-refractivity contribution in [2.45, 2.75) is 51.6 Å². The predicted molar refractivity (Wildman–Crippen MR) is 94.8 cm³/mol. The van der Waals surface area contributed by atoms with Crippen molar-refractivity contribution in [3.63, 3.8) is 0 Å². The largest absolute Gasteiger partial charge is 0.349 e. The Bertz CT molecular complexity index is 740. The summed E-state index contributed by atoms with van der Waals surface area (Å²) in [7, 11) is 0. The van der Waals surface area contributed by atoms with E-state index in [4.69, 9.17) is 5.73 Å². The third kappa shape index (κ3) is 3.90. The average molecular weight is 344 g/mol. The van der Waals surface area contributed by atoms with Crippen LogP contribution in [0, 0.1) is 18.7 Å². The van der Waals surface area contributed by atoms with Gasteiger partial charge in [-0.2, -0.15) is 5.10 Å². The zero-order chi connectivity index (χ0) is 18.0.